The zero-order chi connectivity index (χ0) is 26.0. The first-order valence-corrected chi connectivity index (χ1v) is 13.9. The molecule has 0 fully saturated rings. The van der Waals surface area contributed by atoms with Crippen LogP contribution in [0.15, 0.2) is 66.8 Å². The van der Waals surface area contributed by atoms with Crippen molar-refractivity contribution in [3.63, 3.8) is 0 Å². The van der Waals surface area contributed by atoms with Crippen molar-refractivity contribution in [1.82, 2.24) is 4.57 Å². The Kier molecular flexibility index (Phi) is 8.07. The average Bonchev–Trinajstić information content (AvgIpc) is 3.17. The van der Waals surface area contributed by atoms with Crippen LogP contribution in [0.3, 0.4) is 0 Å². The fourth-order valence-corrected chi connectivity index (χ4v) is 6.14. The minimum Gasteiger partial charge on any atom is -0.493 e. The Bertz CT molecular complexity index is 1520. The van der Waals surface area contributed by atoms with E-state index < -0.39 is 12.0 Å². The van der Waals surface area contributed by atoms with Gasteiger partial charge in [-0.1, -0.05) is 23.5 Å². The van der Waals surface area contributed by atoms with Gasteiger partial charge in [0.25, 0.3) is 5.56 Å². The van der Waals surface area contributed by atoms with Crippen molar-refractivity contribution in [2.75, 3.05) is 27.1 Å². The third-order valence-electron chi connectivity index (χ3n) is 5.70. The summed E-state index contributed by atoms with van der Waals surface area (Å²) in [4.78, 5) is 33.0. The molecule has 0 amide bonds. The number of esters is 1. The highest BCUT2D eigenvalue weighted by Gasteiger charge is 2.33. The predicted molar refractivity (Wildman–Crippen MR) is 146 cm³/mol. The van der Waals surface area contributed by atoms with Crippen LogP contribution in [0.2, 0.25) is 0 Å². The lowest BCUT2D eigenvalue weighted by Crippen LogP contribution is -2.39. The number of fused-ring (bicyclic) bond motifs is 1. The fraction of sp³-hybridized carbons (Fsp3) is 0.269. The highest BCUT2D eigenvalue weighted by Crippen LogP contribution is 2.36. The number of carbonyl (C=O) groups excluding carboxylic acids is 1. The van der Waals surface area contributed by atoms with E-state index in [1.807, 2.05) is 36.6 Å². The minimum absolute atomic E-state index is 0.229. The van der Waals surface area contributed by atoms with Crippen molar-refractivity contribution >= 4 is 51.1 Å². The van der Waals surface area contributed by atoms with Gasteiger partial charge in [0.2, 0.25) is 0 Å². The van der Waals surface area contributed by atoms with Crippen LogP contribution in [-0.4, -0.2) is 37.6 Å². The summed E-state index contributed by atoms with van der Waals surface area (Å²) in [6.45, 7) is 3.76. The maximum atomic E-state index is 13.8. The maximum Gasteiger partial charge on any atom is 0.338 e. The van der Waals surface area contributed by atoms with Crippen LogP contribution in [0.25, 0.3) is 6.08 Å². The molecule has 0 bridgehead atoms. The zero-order valence-corrected chi connectivity index (χ0v) is 23.7. The first-order chi connectivity index (χ1) is 17.3. The summed E-state index contributed by atoms with van der Waals surface area (Å²) >= 11 is 6.40. The number of rotatable bonds is 7. The molecule has 3 aromatic rings. The van der Waals surface area contributed by atoms with E-state index in [0.717, 1.165) is 16.0 Å². The second-order valence-corrected chi connectivity index (χ2v) is 10.6. The number of carbonyl (C=O) groups is 1. The van der Waals surface area contributed by atoms with Crippen LogP contribution < -0.4 is 24.4 Å². The average molecular weight is 590 g/mol. The Morgan fingerprint density at radius 1 is 1.22 bits per heavy atom. The number of thiazole rings is 1. The number of hydrogen-bond donors (Lipinski definition) is 0. The summed E-state index contributed by atoms with van der Waals surface area (Å²) in [5, 5.41) is 0. The Morgan fingerprint density at radius 2 is 1.94 bits per heavy atom. The first kappa shape index (κ1) is 26.2. The van der Waals surface area contributed by atoms with Crippen LogP contribution in [-0.2, 0) is 9.53 Å². The van der Waals surface area contributed by atoms with Gasteiger partial charge in [0, 0.05) is 4.90 Å². The summed E-state index contributed by atoms with van der Waals surface area (Å²) in [7, 11) is 3.12. The molecule has 4 rings (SSSR count). The van der Waals surface area contributed by atoms with Crippen molar-refractivity contribution in [3.05, 3.63) is 83.0 Å². The number of benzene rings is 2. The van der Waals surface area contributed by atoms with E-state index in [1.54, 1.807) is 56.5 Å². The normalized spacial score (nSPS) is 15.4. The number of allylic oxidation sites excluding steroid dienone is 1. The quantitative estimate of drug-likeness (QED) is 0.302. The van der Waals surface area contributed by atoms with Crippen molar-refractivity contribution in [3.8, 4) is 11.5 Å². The largest absolute Gasteiger partial charge is 0.493 e. The molecule has 0 unspecified atom stereocenters. The molecule has 0 saturated heterocycles. The summed E-state index contributed by atoms with van der Waals surface area (Å²) in [5.74, 6) is 0.633. The lowest BCUT2D eigenvalue weighted by atomic mass is 9.96. The Morgan fingerprint density at radius 3 is 2.56 bits per heavy atom. The molecule has 0 spiro atoms. The molecule has 2 aromatic carbocycles. The van der Waals surface area contributed by atoms with E-state index in [2.05, 4.69) is 20.9 Å². The highest BCUT2D eigenvalue weighted by molar-refractivity contribution is 9.10. The van der Waals surface area contributed by atoms with Crippen LogP contribution >= 0.6 is 39.0 Å². The Balaban J connectivity index is 1.93. The van der Waals surface area contributed by atoms with E-state index in [9.17, 15) is 9.59 Å². The zero-order valence-electron chi connectivity index (χ0n) is 20.5. The Labute approximate surface area is 225 Å². The van der Waals surface area contributed by atoms with E-state index in [1.165, 1.54) is 11.3 Å². The summed E-state index contributed by atoms with van der Waals surface area (Å²) < 4.78 is 19.0. The van der Waals surface area contributed by atoms with E-state index in [4.69, 9.17) is 14.2 Å². The lowest BCUT2D eigenvalue weighted by Gasteiger charge is -2.24. The molecule has 7 nitrogen and oxygen atoms in total. The van der Waals surface area contributed by atoms with E-state index in [0.29, 0.717) is 36.6 Å². The first-order valence-electron chi connectivity index (χ1n) is 11.1. The van der Waals surface area contributed by atoms with Gasteiger partial charge in [0.15, 0.2) is 16.3 Å². The molecule has 1 atom stereocenters. The third-order valence-corrected chi connectivity index (χ3v) is 8.02. The van der Waals surface area contributed by atoms with Crippen molar-refractivity contribution in [2.24, 2.45) is 4.99 Å². The molecular weight excluding hydrogens is 564 g/mol. The number of methoxy groups -OCH3 is 2. The molecular formula is C26H25BrN2O5S2. The van der Waals surface area contributed by atoms with Crippen molar-refractivity contribution in [1.29, 1.82) is 0 Å². The van der Waals surface area contributed by atoms with Gasteiger partial charge in [-0.15, -0.1) is 11.8 Å². The van der Waals surface area contributed by atoms with Gasteiger partial charge >= 0.3 is 5.97 Å². The van der Waals surface area contributed by atoms with Crippen LogP contribution in [0.5, 0.6) is 11.5 Å². The molecule has 0 N–H and O–H groups in total. The van der Waals surface area contributed by atoms with Crippen LogP contribution in [0.1, 0.15) is 31.0 Å². The summed E-state index contributed by atoms with van der Waals surface area (Å²) in [6.07, 6.45) is 3.78. The predicted octanol–water partition coefficient (Wildman–Crippen LogP) is 4.30. The standard InChI is InChI=1S/C26H25BrN2O5S2/c1-6-34-25(31)21-14(2)28-26-29(22(21)16-7-9-17(35-5)10-8-16)24(30)20(36-26)13-15-11-18(27)23(33-4)19(12-15)32-3/h7-13,22H,6H2,1-5H3/b20-13-/t22-/m1/s1. The number of nitrogens with zero attached hydrogens (tertiary/aromatic N) is 2. The second-order valence-electron chi connectivity index (χ2n) is 7.81. The molecule has 0 saturated carbocycles. The number of thioether (sulfide) groups is 1. The van der Waals surface area contributed by atoms with Gasteiger partial charge in [-0.2, -0.15) is 0 Å². The third kappa shape index (κ3) is 4.89. The molecule has 1 aliphatic rings. The Hall–Kier alpha value is -2.82. The summed E-state index contributed by atoms with van der Waals surface area (Å²) in [6, 6.07) is 10.9. The number of ether oxygens (including phenoxy) is 3. The summed E-state index contributed by atoms with van der Waals surface area (Å²) in [5.41, 5.74) is 2.23. The molecule has 188 valence electrons. The van der Waals surface area contributed by atoms with Crippen LogP contribution in [0.4, 0.5) is 0 Å². The molecule has 2 heterocycles. The van der Waals surface area contributed by atoms with E-state index >= 15 is 0 Å². The van der Waals surface area contributed by atoms with Gasteiger partial charge < -0.3 is 14.2 Å². The van der Waals surface area contributed by atoms with Gasteiger partial charge in [0.05, 0.1) is 47.1 Å². The monoisotopic (exact) mass is 588 g/mol. The number of aromatic nitrogens is 1. The molecule has 36 heavy (non-hydrogen) atoms. The maximum absolute atomic E-state index is 13.8. The molecule has 0 radical (unpaired) electrons. The lowest BCUT2D eigenvalue weighted by molar-refractivity contribution is -0.139. The topological polar surface area (TPSA) is 79.1 Å². The second kappa shape index (κ2) is 11.1. The fourth-order valence-electron chi connectivity index (χ4n) is 4.07. The number of halogens is 1. The van der Waals surface area contributed by atoms with Gasteiger partial charge in [-0.05, 0) is 77.5 Å². The van der Waals surface area contributed by atoms with Crippen molar-refractivity contribution in [2.45, 2.75) is 24.8 Å². The minimum atomic E-state index is -0.643. The molecule has 10 heteroatoms. The molecule has 1 aliphatic heterocycles. The van der Waals surface area contributed by atoms with Gasteiger partial charge in [-0.3, -0.25) is 9.36 Å². The molecule has 1 aromatic heterocycles. The van der Waals surface area contributed by atoms with Crippen LogP contribution in [0, 0.1) is 0 Å². The number of hydrogen-bond acceptors (Lipinski definition) is 8. The van der Waals surface area contributed by atoms with Crippen molar-refractivity contribution < 1.29 is 19.0 Å². The van der Waals surface area contributed by atoms with Gasteiger partial charge in [0.1, 0.15) is 0 Å². The smallest absolute Gasteiger partial charge is 0.338 e. The molecule has 0 aliphatic carbocycles. The van der Waals surface area contributed by atoms with E-state index in [-0.39, 0.29) is 12.2 Å². The highest BCUT2D eigenvalue weighted by atomic mass is 79.9. The SMILES string of the molecule is CCOC(=O)C1=C(C)N=c2s/c(=C\c3cc(Br)c(OC)c(OC)c3)c(=O)n2[C@@H]1c1ccc(SC)cc1. The van der Waals surface area contributed by atoms with Gasteiger partial charge in [-0.25, -0.2) is 9.79 Å².